The van der Waals surface area contributed by atoms with Gasteiger partial charge < -0.3 is 15.4 Å². The van der Waals surface area contributed by atoms with Crippen molar-refractivity contribution in [3.05, 3.63) is 58.1 Å². The molecule has 0 aliphatic heterocycles. The van der Waals surface area contributed by atoms with Crippen LogP contribution in [0.15, 0.2) is 46.8 Å². The van der Waals surface area contributed by atoms with E-state index in [2.05, 4.69) is 20.8 Å². The number of nitro groups is 1. The SMILES string of the molecule is CCOc1ccc(NC(=O)CSc2nnc(Nc3ccc(C)cc3)s2)c([N+](=O)[O-])c1. The van der Waals surface area contributed by atoms with Crippen molar-refractivity contribution in [2.24, 2.45) is 0 Å². The number of aromatic nitrogens is 2. The van der Waals surface area contributed by atoms with Crippen molar-refractivity contribution in [2.75, 3.05) is 23.0 Å². The van der Waals surface area contributed by atoms with E-state index in [1.54, 1.807) is 13.0 Å². The summed E-state index contributed by atoms with van der Waals surface area (Å²) >= 11 is 2.53. The van der Waals surface area contributed by atoms with Crippen LogP contribution in [-0.2, 0) is 4.79 Å². The number of rotatable bonds is 9. The Morgan fingerprint density at radius 3 is 2.70 bits per heavy atom. The van der Waals surface area contributed by atoms with Gasteiger partial charge in [0.25, 0.3) is 5.69 Å². The summed E-state index contributed by atoms with van der Waals surface area (Å²) in [7, 11) is 0. The highest BCUT2D eigenvalue weighted by molar-refractivity contribution is 8.01. The Morgan fingerprint density at radius 1 is 1.23 bits per heavy atom. The Balaban J connectivity index is 1.57. The van der Waals surface area contributed by atoms with Crippen LogP contribution in [-0.4, -0.2) is 33.4 Å². The zero-order chi connectivity index (χ0) is 21.5. The number of carbonyl (C=O) groups is 1. The van der Waals surface area contributed by atoms with Crippen molar-refractivity contribution in [3.63, 3.8) is 0 Å². The molecule has 9 nitrogen and oxygen atoms in total. The molecule has 0 unspecified atom stereocenters. The second-order valence-corrected chi connectivity index (χ2v) is 8.27. The lowest BCUT2D eigenvalue weighted by molar-refractivity contribution is -0.384. The fourth-order valence-corrected chi connectivity index (χ4v) is 3.99. The van der Waals surface area contributed by atoms with Gasteiger partial charge in [-0.25, -0.2) is 0 Å². The number of anilines is 3. The summed E-state index contributed by atoms with van der Waals surface area (Å²) in [6.45, 7) is 4.19. The van der Waals surface area contributed by atoms with E-state index >= 15 is 0 Å². The number of carbonyl (C=O) groups excluding carboxylic acids is 1. The number of hydrogen-bond donors (Lipinski definition) is 2. The predicted octanol–water partition coefficient (Wildman–Crippen LogP) is 4.63. The molecular weight excluding hydrogens is 426 g/mol. The second-order valence-electron chi connectivity index (χ2n) is 6.07. The quantitative estimate of drug-likeness (QED) is 0.278. The van der Waals surface area contributed by atoms with Crippen LogP contribution in [0.4, 0.5) is 22.2 Å². The van der Waals surface area contributed by atoms with Gasteiger partial charge >= 0.3 is 0 Å². The van der Waals surface area contributed by atoms with Crippen molar-refractivity contribution in [3.8, 4) is 5.75 Å². The maximum atomic E-state index is 12.3. The van der Waals surface area contributed by atoms with Gasteiger partial charge in [0.1, 0.15) is 11.4 Å². The van der Waals surface area contributed by atoms with Gasteiger partial charge in [-0.05, 0) is 38.1 Å². The third-order valence-electron chi connectivity index (χ3n) is 3.79. The smallest absolute Gasteiger partial charge is 0.296 e. The number of hydrogen-bond acceptors (Lipinski definition) is 9. The molecule has 0 bridgehead atoms. The molecule has 0 spiro atoms. The van der Waals surface area contributed by atoms with E-state index in [0.29, 0.717) is 21.8 Å². The molecule has 0 aliphatic carbocycles. The molecule has 156 valence electrons. The third kappa shape index (κ3) is 5.91. The van der Waals surface area contributed by atoms with Crippen LogP contribution < -0.4 is 15.4 Å². The number of nitrogens with one attached hydrogen (secondary N) is 2. The number of nitrogens with zero attached hydrogens (tertiary/aromatic N) is 3. The molecule has 0 aliphatic rings. The van der Waals surface area contributed by atoms with Crippen LogP contribution in [0.2, 0.25) is 0 Å². The normalized spacial score (nSPS) is 10.5. The number of benzene rings is 2. The van der Waals surface area contributed by atoms with E-state index in [1.807, 2.05) is 31.2 Å². The predicted molar refractivity (Wildman–Crippen MR) is 118 cm³/mol. The number of ether oxygens (including phenoxy) is 1. The molecule has 0 saturated carbocycles. The molecule has 1 aromatic heterocycles. The van der Waals surface area contributed by atoms with E-state index in [1.165, 1.54) is 35.2 Å². The standard InChI is InChI=1S/C19H19N5O4S2/c1-3-28-14-8-9-15(16(10-14)24(26)27)21-17(25)11-29-19-23-22-18(30-19)20-13-6-4-12(2)5-7-13/h4-10H,3,11H2,1-2H3,(H,20,22)(H,21,25). The van der Waals surface area contributed by atoms with Gasteiger partial charge in [0.15, 0.2) is 4.34 Å². The van der Waals surface area contributed by atoms with Gasteiger partial charge in [0.2, 0.25) is 11.0 Å². The summed E-state index contributed by atoms with van der Waals surface area (Å²) in [5.74, 6) is 0.0401. The molecule has 3 rings (SSSR count). The Labute approximate surface area is 181 Å². The summed E-state index contributed by atoms with van der Waals surface area (Å²) in [6, 6.07) is 12.2. The maximum absolute atomic E-state index is 12.3. The average molecular weight is 446 g/mol. The highest BCUT2D eigenvalue weighted by Crippen LogP contribution is 2.31. The molecule has 0 fully saturated rings. The van der Waals surface area contributed by atoms with Crippen LogP contribution in [0.3, 0.4) is 0 Å². The van der Waals surface area contributed by atoms with Gasteiger partial charge in [-0.1, -0.05) is 40.8 Å². The lowest BCUT2D eigenvalue weighted by Crippen LogP contribution is -2.15. The lowest BCUT2D eigenvalue weighted by atomic mass is 10.2. The van der Waals surface area contributed by atoms with Crippen molar-refractivity contribution < 1.29 is 14.5 Å². The maximum Gasteiger partial charge on any atom is 0.296 e. The van der Waals surface area contributed by atoms with Crippen LogP contribution in [0.5, 0.6) is 5.75 Å². The van der Waals surface area contributed by atoms with E-state index < -0.39 is 4.92 Å². The van der Waals surface area contributed by atoms with Gasteiger partial charge in [-0.2, -0.15) is 0 Å². The average Bonchev–Trinajstić information content (AvgIpc) is 3.17. The lowest BCUT2D eigenvalue weighted by Gasteiger charge is -2.08. The number of thioether (sulfide) groups is 1. The molecule has 1 heterocycles. The largest absolute Gasteiger partial charge is 0.494 e. The molecule has 30 heavy (non-hydrogen) atoms. The molecule has 0 saturated heterocycles. The van der Waals surface area contributed by atoms with Crippen molar-refractivity contribution in [1.29, 1.82) is 0 Å². The van der Waals surface area contributed by atoms with E-state index in [-0.39, 0.29) is 23.0 Å². The topological polar surface area (TPSA) is 119 Å². The highest BCUT2D eigenvalue weighted by Gasteiger charge is 2.18. The van der Waals surface area contributed by atoms with Crippen LogP contribution in [0.25, 0.3) is 0 Å². The Hall–Kier alpha value is -3.18. The first-order chi connectivity index (χ1) is 14.4. The molecular formula is C19H19N5O4S2. The molecule has 2 N–H and O–H groups in total. The molecule has 1 amide bonds. The fourth-order valence-electron chi connectivity index (χ4n) is 2.42. The van der Waals surface area contributed by atoms with Crippen molar-refractivity contribution in [2.45, 2.75) is 18.2 Å². The van der Waals surface area contributed by atoms with E-state index in [0.717, 1.165) is 11.3 Å². The highest BCUT2D eigenvalue weighted by atomic mass is 32.2. The van der Waals surface area contributed by atoms with Gasteiger partial charge in [0, 0.05) is 5.69 Å². The molecule has 3 aromatic rings. The van der Waals surface area contributed by atoms with E-state index in [4.69, 9.17) is 4.74 Å². The van der Waals surface area contributed by atoms with Gasteiger partial charge in [0.05, 0.1) is 23.3 Å². The molecule has 11 heteroatoms. The fraction of sp³-hybridized carbons (Fsp3) is 0.211. The third-order valence-corrected chi connectivity index (χ3v) is 5.76. The molecule has 2 aromatic carbocycles. The van der Waals surface area contributed by atoms with Crippen molar-refractivity contribution >= 4 is 51.2 Å². The summed E-state index contributed by atoms with van der Waals surface area (Å²) in [5.41, 5.74) is 1.95. The van der Waals surface area contributed by atoms with Crippen LogP contribution in [0.1, 0.15) is 12.5 Å². The Bertz CT molecular complexity index is 1040. The first-order valence-electron chi connectivity index (χ1n) is 8.95. The Kier molecular flexibility index (Phi) is 7.20. The zero-order valence-corrected chi connectivity index (χ0v) is 17.9. The number of aryl methyl sites for hydroxylation is 1. The number of nitro benzene ring substituents is 1. The Morgan fingerprint density at radius 2 is 2.00 bits per heavy atom. The first-order valence-corrected chi connectivity index (χ1v) is 10.8. The minimum atomic E-state index is -0.557. The molecule has 0 radical (unpaired) electrons. The van der Waals surface area contributed by atoms with Crippen LogP contribution in [0, 0.1) is 17.0 Å². The van der Waals surface area contributed by atoms with Gasteiger partial charge in [-0.3, -0.25) is 14.9 Å². The summed E-state index contributed by atoms with van der Waals surface area (Å²) in [5, 5.41) is 25.7. The van der Waals surface area contributed by atoms with Gasteiger partial charge in [-0.15, -0.1) is 10.2 Å². The van der Waals surface area contributed by atoms with Crippen LogP contribution >= 0.6 is 23.1 Å². The van der Waals surface area contributed by atoms with Crippen molar-refractivity contribution in [1.82, 2.24) is 10.2 Å². The molecule has 0 atom stereocenters. The zero-order valence-electron chi connectivity index (χ0n) is 16.2. The minimum Gasteiger partial charge on any atom is -0.494 e. The summed E-state index contributed by atoms with van der Waals surface area (Å²) < 4.78 is 5.88. The monoisotopic (exact) mass is 445 g/mol. The van der Waals surface area contributed by atoms with E-state index in [9.17, 15) is 14.9 Å². The summed E-state index contributed by atoms with van der Waals surface area (Å²) in [4.78, 5) is 23.0. The number of amides is 1. The first kappa shape index (κ1) is 21.5. The minimum absolute atomic E-state index is 0.0452. The second kappa shape index (κ2) is 10.0. The summed E-state index contributed by atoms with van der Waals surface area (Å²) in [6.07, 6.45) is 0.